The Kier molecular flexibility index (Phi) is 1.36. The molecule has 0 atom stereocenters. The number of fused-ring (bicyclic) bond motifs is 1. The molecule has 60 valence electrons. The van der Waals surface area contributed by atoms with Gasteiger partial charge in [-0.15, -0.1) is 0 Å². The lowest BCUT2D eigenvalue weighted by Crippen LogP contribution is -2.06. The third-order valence-corrected chi connectivity index (χ3v) is 1.51. The van der Waals surface area contributed by atoms with Gasteiger partial charge in [-0.3, -0.25) is 0 Å². The van der Waals surface area contributed by atoms with Gasteiger partial charge in [0.15, 0.2) is 0 Å². The van der Waals surface area contributed by atoms with E-state index in [2.05, 4.69) is 15.0 Å². The average molecular weight is 163 g/mol. The van der Waals surface area contributed by atoms with E-state index in [1.54, 1.807) is 13.1 Å². The highest BCUT2D eigenvalue weighted by atomic mass is 16.4. The highest BCUT2D eigenvalue weighted by Crippen LogP contribution is 2.08. The van der Waals surface area contributed by atoms with E-state index in [0.717, 1.165) is 0 Å². The lowest BCUT2D eigenvalue weighted by molar-refractivity contribution is 0.517. The second-order valence-corrected chi connectivity index (χ2v) is 2.31. The van der Waals surface area contributed by atoms with E-state index in [-0.39, 0.29) is 5.71 Å². The van der Waals surface area contributed by atoms with Crippen LogP contribution in [-0.2, 0) is 0 Å². The van der Waals surface area contributed by atoms with Crippen LogP contribution in [-0.4, -0.2) is 15.0 Å². The fourth-order valence-electron chi connectivity index (χ4n) is 0.951. The number of aromatic nitrogens is 3. The van der Waals surface area contributed by atoms with Crippen LogP contribution in [0.3, 0.4) is 0 Å². The van der Waals surface area contributed by atoms with Crippen molar-refractivity contribution < 1.29 is 4.42 Å². The number of rotatable bonds is 0. The normalized spacial score (nSPS) is 10.4. The van der Waals surface area contributed by atoms with Crippen LogP contribution in [0.5, 0.6) is 0 Å². The summed E-state index contributed by atoms with van der Waals surface area (Å²) in [5, 5.41) is 0.664. The molecule has 0 saturated carbocycles. The molecule has 2 heterocycles. The van der Waals surface area contributed by atoms with Crippen LogP contribution < -0.4 is 5.76 Å². The first-order valence-corrected chi connectivity index (χ1v) is 3.35. The molecule has 2 aromatic heterocycles. The van der Waals surface area contributed by atoms with Gasteiger partial charge in [0, 0.05) is 6.20 Å². The Morgan fingerprint density at radius 3 is 3.17 bits per heavy atom. The molecular formula is C7H5N3O2. The zero-order valence-electron chi connectivity index (χ0n) is 6.31. The topological polar surface area (TPSA) is 68.9 Å². The maximum Gasteiger partial charge on any atom is 0.440 e. The molecule has 12 heavy (non-hydrogen) atoms. The van der Waals surface area contributed by atoms with Crippen molar-refractivity contribution >= 4 is 11.1 Å². The predicted octanol–water partition coefficient (Wildman–Crippen LogP) is 0.286. The van der Waals surface area contributed by atoms with Gasteiger partial charge in [0.2, 0.25) is 5.71 Å². The van der Waals surface area contributed by atoms with E-state index in [1.807, 2.05) is 0 Å². The van der Waals surface area contributed by atoms with Crippen molar-refractivity contribution in [2.45, 2.75) is 6.92 Å². The number of aryl methyl sites for hydroxylation is 1. The minimum Gasteiger partial charge on any atom is -0.389 e. The molecule has 0 aromatic carbocycles. The summed E-state index contributed by atoms with van der Waals surface area (Å²) in [7, 11) is 0. The largest absolute Gasteiger partial charge is 0.440 e. The van der Waals surface area contributed by atoms with Crippen LogP contribution in [0.25, 0.3) is 11.1 Å². The second-order valence-electron chi connectivity index (χ2n) is 2.31. The molecule has 0 aliphatic carbocycles. The van der Waals surface area contributed by atoms with E-state index in [1.165, 1.54) is 6.33 Å². The maximum absolute atomic E-state index is 10.8. The molecule has 0 spiro atoms. The lowest BCUT2D eigenvalue weighted by Gasteiger charge is -1.94. The van der Waals surface area contributed by atoms with Gasteiger partial charge in [-0.25, -0.2) is 14.8 Å². The van der Waals surface area contributed by atoms with Gasteiger partial charge >= 0.3 is 5.76 Å². The molecule has 0 saturated heterocycles. The Hall–Kier alpha value is -1.78. The van der Waals surface area contributed by atoms with Crippen LogP contribution in [0.4, 0.5) is 0 Å². The van der Waals surface area contributed by atoms with E-state index >= 15 is 0 Å². The number of hydrogen-bond acceptors (Lipinski definition) is 5. The fraction of sp³-hybridized carbons (Fsp3) is 0.143. The Morgan fingerprint density at radius 1 is 1.50 bits per heavy atom. The molecule has 5 heteroatoms. The van der Waals surface area contributed by atoms with Gasteiger partial charge in [-0.2, -0.15) is 4.98 Å². The van der Waals surface area contributed by atoms with Crippen molar-refractivity contribution in [3.8, 4) is 0 Å². The summed E-state index contributed by atoms with van der Waals surface area (Å²) in [6, 6.07) is 0. The van der Waals surface area contributed by atoms with E-state index in [4.69, 9.17) is 4.42 Å². The van der Waals surface area contributed by atoms with Gasteiger partial charge in [0.1, 0.15) is 6.33 Å². The van der Waals surface area contributed by atoms with Crippen LogP contribution >= 0.6 is 0 Å². The van der Waals surface area contributed by atoms with E-state index in [0.29, 0.717) is 11.1 Å². The summed E-state index contributed by atoms with van der Waals surface area (Å²) in [4.78, 5) is 21.9. The second kappa shape index (κ2) is 2.37. The molecule has 0 bridgehead atoms. The van der Waals surface area contributed by atoms with Crippen LogP contribution in [0.15, 0.2) is 21.7 Å². The summed E-state index contributed by atoms with van der Waals surface area (Å²) < 4.78 is 4.72. The van der Waals surface area contributed by atoms with Gasteiger partial charge < -0.3 is 4.42 Å². The first-order valence-electron chi connectivity index (χ1n) is 3.35. The summed E-state index contributed by atoms with van der Waals surface area (Å²) in [5.74, 6) is -0.626. The van der Waals surface area contributed by atoms with Crippen LogP contribution in [0, 0.1) is 6.92 Å². The summed E-state index contributed by atoms with van der Waals surface area (Å²) >= 11 is 0. The first kappa shape index (κ1) is 6.90. The summed E-state index contributed by atoms with van der Waals surface area (Å²) in [5.41, 5.74) is 0.865. The van der Waals surface area contributed by atoms with Crippen molar-refractivity contribution in [2.24, 2.45) is 0 Å². The minimum absolute atomic E-state index is 0.280. The molecule has 0 fully saturated rings. The Bertz CT molecular complexity index is 477. The molecule has 0 amide bonds. The van der Waals surface area contributed by atoms with Crippen molar-refractivity contribution in [1.29, 1.82) is 0 Å². The van der Waals surface area contributed by atoms with Crippen molar-refractivity contribution in [3.05, 3.63) is 28.8 Å². The number of nitrogens with zero attached hydrogens (tertiary/aromatic N) is 3. The zero-order chi connectivity index (χ0) is 8.55. The predicted molar refractivity (Wildman–Crippen MR) is 40.6 cm³/mol. The minimum atomic E-state index is -0.626. The molecule has 2 rings (SSSR count). The fourth-order valence-corrected chi connectivity index (χ4v) is 0.951. The van der Waals surface area contributed by atoms with Crippen molar-refractivity contribution in [1.82, 2.24) is 15.0 Å². The molecule has 0 unspecified atom stereocenters. The van der Waals surface area contributed by atoms with Gasteiger partial charge in [-0.1, -0.05) is 0 Å². The maximum atomic E-state index is 10.8. The molecule has 5 nitrogen and oxygen atoms in total. The monoisotopic (exact) mass is 163 g/mol. The molecule has 0 aliphatic heterocycles. The standard InChI is InChI=1S/C7H5N3O2/c1-4-5-2-8-3-9-6(5)12-7(11)10-4/h2-3H,1H3. The van der Waals surface area contributed by atoms with Crippen molar-refractivity contribution in [2.75, 3.05) is 0 Å². The smallest absolute Gasteiger partial charge is 0.389 e. The van der Waals surface area contributed by atoms with Gasteiger partial charge in [0.05, 0.1) is 11.1 Å². The third kappa shape index (κ3) is 0.952. The number of hydrogen-bond donors (Lipinski definition) is 0. The zero-order valence-corrected chi connectivity index (χ0v) is 6.31. The Morgan fingerprint density at radius 2 is 2.33 bits per heavy atom. The summed E-state index contributed by atoms with van der Waals surface area (Å²) in [6.07, 6.45) is 2.89. The molecule has 0 radical (unpaired) electrons. The van der Waals surface area contributed by atoms with Crippen LogP contribution in [0.1, 0.15) is 5.69 Å². The molecule has 0 aliphatic rings. The lowest BCUT2D eigenvalue weighted by atomic mass is 10.3. The molecule has 0 N–H and O–H groups in total. The van der Waals surface area contributed by atoms with Crippen LogP contribution in [0.2, 0.25) is 0 Å². The van der Waals surface area contributed by atoms with Gasteiger partial charge in [-0.05, 0) is 6.92 Å². The Balaban J connectivity index is 2.99. The third-order valence-electron chi connectivity index (χ3n) is 1.51. The highest BCUT2D eigenvalue weighted by molar-refractivity contribution is 5.73. The summed E-state index contributed by atoms with van der Waals surface area (Å²) in [6.45, 7) is 1.71. The van der Waals surface area contributed by atoms with E-state index in [9.17, 15) is 4.79 Å². The Labute approximate surface area is 67.1 Å². The van der Waals surface area contributed by atoms with Crippen molar-refractivity contribution in [3.63, 3.8) is 0 Å². The van der Waals surface area contributed by atoms with Gasteiger partial charge in [0.25, 0.3) is 0 Å². The average Bonchev–Trinajstić information content (AvgIpc) is 2.04. The van der Waals surface area contributed by atoms with E-state index < -0.39 is 5.76 Å². The SMILES string of the molecule is Cc1nc(=O)oc2ncncc12. The first-order chi connectivity index (χ1) is 5.77. The quantitative estimate of drug-likeness (QED) is 0.558. The highest BCUT2D eigenvalue weighted by Gasteiger charge is 2.02. The molecule has 2 aromatic rings. The molecular weight excluding hydrogens is 158 g/mol.